The van der Waals surface area contributed by atoms with E-state index in [0.717, 1.165) is 6.42 Å². The quantitative estimate of drug-likeness (QED) is 0.801. The van der Waals surface area contributed by atoms with Crippen molar-refractivity contribution >= 4 is 11.6 Å². The Morgan fingerprint density at radius 2 is 1.67 bits per heavy atom. The lowest BCUT2D eigenvalue weighted by Gasteiger charge is -2.47. The van der Waals surface area contributed by atoms with Crippen LogP contribution in [0.4, 0.5) is 5.69 Å². The summed E-state index contributed by atoms with van der Waals surface area (Å²) in [5.74, 6) is 0.236. The van der Waals surface area contributed by atoms with Gasteiger partial charge in [-0.2, -0.15) is 0 Å². The second-order valence-corrected chi connectivity index (χ2v) is 7.35. The summed E-state index contributed by atoms with van der Waals surface area (Å²) in [6.07, 6.45) is 1.50. The third-order valence-corrected chi connectivity index (χ3v) is 5.80. The average Bonchev–Trinajstić information content (AvgIpc) is 2.81. The fourth-order valence-corrected chi connectivity index (χ4v) is 4.91. The maximum atomic E-state index is 12.4. The van der Waals surface area contributed by atoms with Gasteiger partial charge in [-0.1, -0.05) is 47.5 Å². The molecule has 124 valence electrons. The van der Waals surface area contributed by atoms with E-state index < -0.39 is 0 Å². The predicted molar refractivity (Wildman–Crippen MR) is 97.3 cm³/mol. The maximum absolute atomic E-state index is 12.4. The van der Waals surface area contributed by atoms with Crippen LogP contribution in [0.3, 0.4) is 0 Å². The number of likely N-dealkylation sites (N-methyl/N-ethyl adjacent to an activating group) is 2. The molecule has 0 saturated carbocycles. The standard InChI is InChI=1S/C21H24N2O/c1-14-11-15(2)13-16(12-14)21-10-9-19(24)23(4)20(21)22(3)18-8-6-5-7-17(18)21/h5-8,11-13,20H,9-10H2,1-4H3/t20-,21+/m0/s1. The van der Waals surface area contributed by atoms with Crippen molar-refractivity contribution in [2.24, 2.45) is 0 Å². The Bertz CT molecular complexity index is 808. The van der Waals surface area contributed by atoms with Crippen LogP contribution in [0.1, 0.15) is 35.1 Å². The fraction of sp³-hybridized carbons (Fsp3) is 0.381. The van der Waals surface area contributed by atoms with E-state index in [2.05, 4.69) is 68.3 Å². The number of hydrogen-bond donors (Lipinski definition) is 0. The van der Waals surface area contributed by atoms with Crippen LogP contribution in [0.15, 0.2) is 42.5 Å². The summed E-state index contributed by atoms with van der Waals surface area (Å²) in [6, 6.07) is 15.5. The zero-order valence-corrected chi connectivity index (χ0v) is 14.8. The highest BCUT2D eigenvalue weighted by Crippen LogP contribution is 2.54. The van der Waals surface area contributed by atoms with Crippen LogP contribution in [0.25, 0.3) is 0 Å². The Labute approximate surface area is 143 Å². The highest BCUT2D eigenvalue weighted by molar-refractivity contribution is 5.82. The number of para-hydroxylation sites is 1. The number of amides is 1. The van der Waals surface area contributed by atoms with Gasteiger partial charge in [-0.15, -0.1) is 0 Å². The van der Waals surface area contributed by atoms with Gasteiger partial charge in [0, 0.05) is 26.2 Å². The molecule has 0 unspecified atom stereocenters. The molecule has 2 aliphatic heterocycles. The minimum atomic E-state index is -0.148. The molecule has 4 rings (SSSR count). The number of piperidine rings is 1. The summed E-state index contributed by atoms with van der Waals surface area (Å²) in [7, 11) is 4.06. The molecule has 3 heteroatoms. The van der Waals surface area contributed by atoms with E-state index in [9.17, 15) is 4.79 Å². The molecule has 1 saturated heterocycles. The van der Waals surface area contributed by atoms with E-state index >= 15 is 0 Å². The first kappa shape index (κ1) is 15.3. The number of likely N-dealkylation sites (tertiary alicyclic amines) is 1. The first-order valence-corrected chi connectivity index (χ1v) is 8.62. The van der Waals surface area contributed by atoms with Gasteiger partial charge in [-0.3, -0.25) is 4.79 Å². The lowest BCUT2D eigenvalue weighted by atomic mass is 9.68. The Balaban J connectivity index is 2.02. The summed E-state index contributed by atoms with van der Waals surface area (Å²) in [5.41, 5.74) is 6.34. The number of nitrogens with zero attached hydrogens (tertiary/aromatic N) is 2. The van der Waals surface area contributed by atoms with Crippen molar-refractivity contribution in [3.8, 4) is 0 Å². The zero-order chi connectivity index (χ0) is 17.1. The summed E-state index contributed by atoms with van der Waals surface area (Å²) in [6.45, 7) is 4.31. The van der Waals surface area contributed by atoms with Crippen molar-refractivity contribution in [2.45, 2.75) is 38.3 Å². The molecule has 1 fully saturated rings. The Morgan fingerprint density at radius 1 is 1.00 bits per heavy atom. The Hall–Kier alpha value is -2.29. The van der Waals surface area contributed by atoms with Gasteiger partial charge in [0.05, 0.1) is 5.41 Å². The molecule has 0 spiro atoms. The third-order valence-electron chi connectivity index (χ3n) is 5.80. The number of carbonyl (C=O) groups excluding carboxylic acids is 1. The van der Waals surface area contributed by atoms with Crippen LogP contribution in [0, 0.1) is 13.8 Å². The van der Waals surface area contributed by atoms with Crippen LogP contribution < -0.4 is 4.90 Å². The zero-order valence-electron chi connectivity index (χ0n) is 14.8. The third kappa shape index (κ3) is 1.87. The molecule has 1 amide bonds. The lowest BCUT2D eigenvalue weighted by molar-refractivity contribution is -0.136. The van der Waals surface area contributed by atoms with Gasteiger partial charge in [-0.25, -0.2) is 0 Å². The number of hydrogen-bond acceptors (Lipinski definition) is 2. The van der Waals surface area contributed by atoms with E-state index in [1.165, 1.54) is 27.9 Å². The van der Waals surface area contributed by atoms with Crippen LogP contribution in [-0.2, 0) is 10.2 Å². The van der Waals surface area contributed by atoms with Crippen molar-refractivity contribution in [3.05, 3.63) is 64.7 Å². The van der Waals surface area contributed by atoms with Gasteiger partial charge >= 0.3 is 0 Å². The van der Waals surface area contributed by atoms with Crippen molar-refractivity contribution in [1.82, 2.24) is 4.90 Å². The van der Waals surface area contributed by atoms with E-state index in [4.69, 9.17) is 0 Å². The van der Waals surface area contributed by atoms with Gasteiger partial charge < -0.3 is 9.80 Å². The van der Waals surface area contributed by atoms with E-state index in [1.807, 2.05) is 11.9 Å². The molecule has 0 bridgehead atoms. The van der Waals surface area contributed by atoms with E-state index in [-0.39, 0.29) is 17.5 Å². The molecule has 2 atom stereocenters. The maximum Gasteiger partial charge on any atom is 0.224 e. The van der Waals surface area contributed by atoms with Gasteiger partial charge in [-0.05, 0) is 37.5 Å². The topological polar surface area (TPSA) is 23.6 Å². The summed E-state index contributed by atoms with van der Waals surface area (Å²) in [4.78, 5) is 16.7. The van der Waals surface area contributed by atoms with Gasteiger partial charge in [0.2, 0.25) is 5.91 Å². The molecule has 24 heavy (non-hydrogen) atoms. The number of aryl methyl sites for hydroxylation is 2. The first-order valence-electron chi connectivity index (χ1n) is 8.62. The molecular formula is C21H24N2O. The predicted octanol–water partition coefficient (Wildman–Crippen LogP) is 3.62. The van der Waals surface area contributed by atoms with Gasteiger partial charge in [0.25, 0.3) is 0 Å². The molecule has 0 radical (unpaired) electrons. The molecule has 0 aliphatic carbocycles. The molecule has 2 aromatic rings. The van der Waals surface area contributed by atoms with Crippen LogP contribution in [0.5, 0.6) is 0 Å². The normalized spacial score (nSPS) is 25.7. The molecule has 2 aromatic carbocycles. The smallest absolute Gasteiger partial charge is 0.224 e. The van der Waals surface area contributed by atoms with Crippen molar-refractivity contribution in [3.63, 3.8) is 0 Å². The minimum absolute atomic E-state index is 0.0392. The molecule has 3 nitrogen and oxygen atoms in total. The Kier molecular flexibility index (Phi) is 3.24. The molecule has 0 N–H and O–H groups in total. The minimum Gasteiger partial charge on any atom is -0.353 e. The number of fused-ring (bicyclic) bond motifs is 3. The van der Waals surface area contributed by atoms with Crippen LogP contribution >= 0.6 is 0 Å². The molecular weight excluding hydrogens is 296 g/mol. The largest absolute Gasteiger partial charge is 0.353 e. The lowest BCUT2D eigenvalue weighted by Crippen LogP contribution is -2.59. The second kappa shape index (κ2) is 5.10. The van der Waals surface area contributed by atoms with Crippen LogP contribution in [0.2, 0.25) is 0 Å². The molecule has 2 aliphatic rings. The first-order chi connectivity index (χ1) is 11.4. The van der Waals surface area contributed by atoms with Crippen molar-refractivity contribution in [2.75, 3.05) is 19.0 Å². The number of anilines is 1. The summed E-state index contributed by atoms with van der Waals surface area (Å²) < 4.78 is 0. The highest BCUT2D eigenvalue weighted by atomic mass is 16.2. The van der Waals surface area contributed by atoms with E-state index in [1.54, 1.807) is 0 Å². The molecule has 2 heterocycles. The highest BCUT2D eigenvalue weighted by Gasteiger charge is 2.56. The van der Waals surface area contributed by atoms with Gasteiger partial charge in [0.1, 0.15) is 6.17 Å². The fourth-order valence-electron chi connectivity index (χ4n) is 4.91. The number of rotatable bonds is 1. The van der Waals surface area contributed by atoms with Gasteiger partial charge in [0.15, 0.2) is 0 Å². The summed E-state index contributed by atoms with van der Waals surface area (Å²) >= 11 is 0. The number of benzene rings is 2. The van der Waals surface area contributed by atoms with Crippen molar-refractivity contribution < 1.29 is 4.79 Å². The van der Waals surface area contributed by atoms with E-state index in [0.29, 0.717) is 6.42 Å². The SMILES string of the molecule is Cc1cc(C)cc([C@@]23CCC(=O)N(C)[C@@H]2N(C)c2ccccc23)c1. The molecule has 0 aromatic heterocycles. The average molecular weight is 320 g/mol. The number of carbonyl (C=O) groups is 1. The van der Waals surface area contributed by atoms with Crippen molar-refractivity contribution in [1.29, 1.82) is 0 Å². The second-order valence-electron chi connectivity index (χ2n) is 7.35. The van der Waals surface area contributed by atoms with Crippen LogP contribution in [-0.4, -0.2) is 31.1 Å². The monoisotopic (exact) mass is 320 g/mol. The summed E-state index contributed by atoms with van der Waals surface area (Å²) in [5, 5.41) is 0. The Morgan fingerprint density at radius 3 is 2.38 bits per heavy atom.